The topological polar surface area (TPSA) is 91.2 Å². The molecule has 8 heteroatoms. The molecule has 0 radical (unpaired) electrons. The lowest BCUT2D eigenvalue weighted by Gasteiger charge is -2.27. The summed E-state index contributed by atoms with van der Waals surface area (Å²) in [7, 11) is 3.71. The summed E-state index contributed by atoms with van der Waals surface area (Å²) in [5, 5.41) is 2.33. The minimum atomic E-state index is 0.0177. The van der Waals surface area contributed by atoms with Crippen LogP contribution in [0.4, 0.5) is 0 Å². The molecule has 0 spiro atoms. The van der Waals surface area contributed by atoms with Crippen molar-refractivity contribution in [2.24, 2.45) is 24.6 Å². The van der Waals surface area contributed by atoms with Crippen LogP contribution in [0, 0.1) is 11.8 Å². The highest BCUT2D eigenvalue weighted by molar-refractivity contribution is 6.01. The number of nitrogens with two attached hydrogens (primary N) is 1. The third kappa shape index (κ3) is 4.12. The van der Waals surface area contributed by atoms with E-state index in [9.17, 15) is 4.79 Å². The first-order chi connectivity index (χ1) is 22.0. The fourth-order valence-corrected chi connectivity index (χ4v) is 7.98. The van der Waals surface area contributed by atoms with Crippen LogP contribution in [0.1, 0.15) is 36.0 Å². The maximum atomic E-state index is 13.8. The summed E-state index contributed by atoms with van der Waals surface area (Å²) >= 11 is 0. The monoisotopic (exact) mass is 596 g/mol. The summed E-state index contributed by atoms with van der Waals surface area (Å²) in [4.78, 5) is 25.5. The number of aryl methyl sites for hydroxylation is 1. The molecule has 2 bridgehead atoms. The van der Waals surface area contributed by atoms with Crippen LogP contribution in [-0.4, -0.2) is 55.6 Å². The number of amides is 1. The highest BCUT2D eigenvalue weighted by Gasteiger charge is 2.47. The third-order valence-corrected chi connectivity index (χ3v) is 10.5. The van der Waals surface area contributed by atoms with Crippen molar-refractivity contribution in [3.8, 4) is 28.4 Å². The number of benzene rings is 3. The summed E-state index contributed by atoms with van der Waals surface area (Å²) in [6.45, 7) is 1.68. The van der Waals surface area contributed by atoms with Gasteiger partial charge in [-0.25, -0.2) is 4.98 Å². The van der Waals surface area contributed by atoms with E-state index in [1.807, 2.05) is 36.3 Å². The van der Waals surface area contributed by atoms with Gasteiger partial charge in [0.1, 0.15) is 11.3 Å². The van der Waals surface area contributed by atoms with E-state index >= 15 is 0 Å². The summed E-state index contributed by atoms with van der Waals surface area (Å²) in [6.07, 6.45) is 6.43. The average Bonchev–Trinajstić information content (AvgIpc) is 3.47. The van der Waals surface area contributed by atoms with Crippen LogP contribution in [0.2, 0.25) is 0 Å². The van der Waals surface area contributed by atoms with Gasteiger partial charge in [-0.15, -0.1) is 0 Å². The summed E-state index contributed by atoms with van der Waals surface area (Å²) in [5.74, 6) is 2.60. The molecule has 9 rings (SSSR count). The van der Waals surface area contributed by atoms with Crippen molar-refractivity contribution in [3.63, 3.8) is 0 Å². The van der Waals surface area contributed by atoms with Crippen molar-refractivity contribution in [1.82, 2.24) is 24.0 Å². The van der Waals surface area contributed by atoms with Gasteiger partial charge in [0.05, 0.1) is 23.8 Å². The predicted octanol–water partition coefficient (Wildman–Crippen LogP) is 6.39. The molecule has 1 amide bonds. The van der Waals surface area contributed by atoms with Crippen molar-refractivity contribution in [2.75, 3.05) is 13.7 Å². The van der Waals surface area contributed by atoms with E-state index in [4.69, 9.17) is 15.5 Å². The number of rotatable bonds is 6. The lowest BCUT2D eigenvalue weighted by molar-refractivity contribution is 0.0700. The number of methoxy groups -OCH3 is 1. The number of likely N-dealkylation sites (tertiary alicyclic amines) is 1. The highest BCUT2D eigenvalue weighted by Crippen LogP contribution is 2.41. The molecule has 45 heavy (non-hydrogen) atoms. The van der Waals surface area contributed by atoms with Crippen LogP contribution in [0.3, 0.4) is 0 Å². The molecule has 2 N–H and O–H groups in total. The fourth-order valence-electron chi connectivity index (χ4n) is 7.98. The van der Waals surface area contributed by atoms with E-state index in [-0.39, 0.29) is 18.0 Å². The molecule has 3 aromatic heterocycles. The molecule has 2 aliphatic carbocycles. The van der Waals surface area contributed by atoms with Crippen molar-refractivity contribution in [2.45, 2.75) is 44.3 Å². The third-order valence-electron chi connectivity index (χ3n) is 10.5. The van der Waals surface area contributed by atoms with E-state index in [2.05, 4.69) is 62.6 Å². The molecule has 3 aliphatic rings. The molecule has 3 aromatic carbocycles. The lowest BCUT2D eigenvalue weighted by Crippen LogP contribution is -2.41. The smallest absolute Gasteiger partial charge is 0.254 e. The molecule has 4 heterocycles. The van der Waals surface area contributed by atoms with Crippen molar-refractivity contribution in [3.05, 3.63) is 78.5 Å². The quantitative estimate of drug-likeness (QED) is 0.241. The summed E-state index contributed by atoms with van der Waals surface area (Å²) < 4.78 is 10.5. The Balaban J connectivity index is 1.17. The van der Waals surface area contributed by atoms with Crippen molar-refractivity contribution in [1.29, 1.82) is 0 Å². The first kappa shape index (κ1) is 26.7. The second kappa shape index (κ2) is 9.91. The number of fused-ring (bicyclic) bond motifs is 5. The van der Waals surface area contributed by atoms with Gasteiger partial charge in [-0.05, 0) is 85.0 Å². The second-order valence-corrected chi connectivity index (χ2v) is 13.2. The fraction of sp³-hybridized carbons (Fsp3) is 0.324. The molecule has 3 atom stereocenters. The van der Waals surface area contributed by atoms with Crippen molar-refractivity contribution >= 4 is 38.7 Å². The van der Waals surface area contributed by atoms with Crippen LogP contribution in [0.5, 0.6) is 5.75 Å². The Labute approximate surface area is 261 Å². The van der Waals surface area contributed by atoms with Gasteiger partial charge in [0.15, 0.2) is 5.82 Å². The number of aromatic nitrogens is 4. The molecular weight excluding hydrogens is 560 g/mol. The number of imidazole rings is 1. The minimum Gasteiger partial charge on any atom is -0.494 e. The Hall–Kier alpha value is -4.69. The first-order valence-corrected chi connectivity index (χ1v) is 16.1. The second-order valence-electron chi connectivity index (χ2n) is 13.2. The van der Waals surface area contributed by atoms with E-state index in [1.54, 1.807) is 7.11 Å². The first-order valence-electron chi connectivity index (χ1n) is 16.1. The standard InChI is InChI=1S/C37H36N6O2/c1-41-35-29(15-25(18-33(35)45-2)37(44)43-20-24-12-13-30(43)34(24)38)40-36(41)32-17-23-11-10-22(16-31(23)42(32)19-21-8-9-21)26-5-3-7-28-27(26)6-4-14-39-28/h3-7,10-11,14-18,21,24,30,34H,8-9,12-13,19-20,38H2,1-2H3/t24-,30-,34-/m1/s1. The number of piperidine rings is 1. The van der Waals surface area contributed by atoms with Crippen LogP contribution in [0.25, 0.3) is 55.5 Å². The minimum absolute atomic E-state index is 0.0177. The number of pyridine rings is 1. The van der Waals surface area contributed by atoms with Gasteiger partial charge < -0.3 is 24.5 Å². The Morgan fingerprint density at radius 3 is 2.67 bits per heavy atom. The Morgan fingerprint density at radius 2 is 1.89 bits per heavy atom. The molecule has 8 nitrogen and oxygen atoms in total. The van der Waals surface area contributed by atoms with E-state index in [0.29, 0.717) is 23.1 Å². The molecule has 0 unspecified atom stereocenters. The van der Waals surface area contributed by atoms with Crippen molar-refractivity contribution < 1.29 is 9.53 Å². The Morgan fingerprint density at radius 1 is 1.00 bits per heavy atom. The van der Waals surface area contributed by atoms with Gasteiger partial charge in [0, 0.05) is 60.3 Å². The number of carbonyl (C=O) groups excluding carboxylic acids is 1. The maximum Gasteiger partial charge on any atom is 0.254 e. The number of hydrogen-bond acceptors (Lipinski definition) is 5. The summed E-state index contributed by atoms with van der Waals surface area (Å²) in [5.41, 5.74) is 14.3. The van der Waals surface area contributed by atoms with Gasteiger partial charge in [-0.3, -0.25) is 9.78 Å². The molecule has 6 aromatic rings. The Bertz CT molecular complexity index is 2150. The van der Waals surface area contributed by atoms with Crippen LogP contribution >= 0.6 is 0 Å². The molecule has 1 saturated heterocycles. The van der Waals surface area contributed by atoms with Crippen LogP contribution < -0.4 is 10.5 Å². The summed E-state index contributed by atoms with van der Waals surface area (Å²) in [6, 6.07) is 23.5. The normalized spacial score (nSPS) is 21.0. The van der Waals surface area contributed by atoms with Gasteiger partial charge >= 0.3 is 0 Å². The largest absolute Gasteiger partial charge is 0.494 e. The molecule has 3 fully saturated rings. The SMILES string of the molecule is COc1cc(C(=O)N2C[C@H]3CC[C@@H]2[C@@H]3N)cc2nc(-c3cc4ccc(-c5cccc6ncccc56)cc4n3CC3CC3)n(C)c12. The van der Waals surface area contributed by atoms with Gasteiger partial charge in [-0.2, -0.15) is 0 Å². The maximum absolute atomic E-state index is 13.8. The van der Waals surface area contributed by atoms with Crippen LogP contribution in [-0.2, 0) is 13.6 Å². The van der Waals surface area contributed by atoms with Crippen LogP contribution in [0.15, 0.2) is 72.9 Å². The number of nitrogens with zero attached hydrogens (tertiary/aromatic N) is 5. The Kier molecular flexibility index (Phi) is 5.88. The van der Waals surface area contributed by atoms with E-state index < -0.39 is 0 Å². The number of hydrogen-bond donors (Lipinski definition) is 1. The van der Waals surface area contributed by atoms with Gasteiger partial charge in [0.2, 0.25) is 0 Å². The van der Waals surface area contributed by atoms with E-state index in [0.717, 1.165) is 59.4 Å². The number of ether oxygens (including phenoxy) is 1. The molecule has 2 saturated carbocycles. The van der Waals surface area contributed by atoms with E-state index in [1.165, 1.54) is 34.9 Å². The molecular formula is C37H36N6O2. The predicted molar refractivity (Wildman–Crippen MR) is 177 cm³/mol. The average molecular weight is 597 g/mol. The molecule has 1 aliphatic heterocycles. The zero-order valence-electron chi connectivity index (χ0n) is 25.6. The number of carbonyl (C=O) groups is 1. The van der Waals surface area contributed by atoms with Gasteiger partial charge in [-0.1, -0.05) is 30.3 Å². The highest BCUT2D eigenvalue weighted by atomic mass is 16.5. The zero-order valence-corrected chi connectivity index (χ0v) is 25.6. The zero-order chi connectivity index (χ0) is 30.4. The van der Waals surface area contributed by atoms with Gasteiger partial charge in [0.25, 0.3) is 5.91 Å². The molecule has 226 valence electrons. The lowest BCUT2D eigenvalue weighted by atomic mass is 10.00.